The van der Waals surface area contributed by atoms with E-state index in [9.17, 15) is 14.9 Å². The molecule has 0 radical (unpaired) electrons. The van der Waals surface area contributed by atoms with Gasteiger partial charge < -0.3 is 15.0 Å². The summed E-state index contributed by atoms with van der Waals surface area (Å²) in [5.74, 6) is 0.687. The fourth-order valence-electron chi connectivity index (χ4n) is 4.72. The zero-order valence-electron chi connectivity index (χ0n) is 20.9. The van der Waals surface area contributed by atoms with Crippen LogP contribution in [0.15, 0.2) is 64.3 Å². The lowest BCUT2D eigenvalue weighted by atomic mass is 9.95. The van der Waals surface area contributed by atoms with Gasteiger partial charge in [-0.05, 0) is 72.1 Å². The number of piperazine rings is 1. The largest absolute Gasteiger partial charge is 0.490 e. The molecular formula is C28H26ClN5O3S. The first kappa shape index (κ1) is 25.8. The van der Waals surface area contributed by atoms with Crippen LogP contribution in [-0.4, -0.2) is 53.3 Å². The number of amides is 3. The van der Waals surface area contributed by atoms with Crippen LogP contribution >= 0.6 is 22.9 Å². The number of urea groups is 1. The SMILES string of the molecule is CC(C)Oc1cc(C#N)ccc1C1=N[C@@H](c2ccsc2)[C@@H](c2ccc(Cl)cc2)N1C(=O)N1CCNC(=O)C1. The second kappa shape index (κ2) is 10.9. The highest BCUT2D eigenvalue weighted by Crippen LogP contribution is 2.45. The maximum atomic E-state index is 14.2. The van der Waals surface area contributed by atoms with Crippen molar-refractivity contribution in [2.45, 2.75) is 32.0 Å². The highest BCUT2D eigenvalue weighted by atomic mass is 35.5. The van der Waals surface area contributed by atoms with Crippen LogP contribution < -0.4 is 10.1 Å². The lowest BCUT2D eigenvalue weighted by Gasteiger charge is -2.35. The number of nitriles is 1. The molecule has 3 amide bonds. The second-order valence-electron chi connectivity index (χ2n) is 9.36. The van der Waals surface area contributed by atoms with Crippen LogP contribution in [0.4, 0.5) is 4.79 Å². The summed E-state index contributed by atoms with van der Waals surface area (Å²) in [5, 5.41) is 16.9. The molecule has 5 rings (SSSR count). The summed E-state index contributed by atoms with van der Waals surface area (Å²) in [6, 6.07) is 15.5. The Morgan fingerprint density at radius 2 is 2.00 bits per heavy atom. The fraction of sp³-hybridized carbons (Fsp3) is 0.286. The summed E-state index contributed by atoms with van der Waals surface area (Å²) >= 11 is 7.77. The Morgan fingerprint density at radius 3 is 2.66 bits per heavy atom. The van der Waals surface area contributed by atoms with Crippen molar-refractivity contribution in [3.63, 3.8) is 0 Å². The van der Waals surface area contributed by atoms with Gasteiger partial charge in [-0.3, -0.25) is 14.7 Å². The van der Waals surface area contributed by atoms with Gasteiger partial charge in [0.1, 0.15) is 24.2 Å². The Balaban J connectivity index is 1.69. The Bertz CT molecular complexity index is 1420. The number of rotatable bonds is 5. The van der Waals surface area contributed by atoms with Crippen molar-refractivity contribution in [1.29, 1.82) is 5.26 Å². The maximum Gasteiger partial charge on any atom is 0.326 e. The third-order valence-electron chi connectivity index (χ3n) is 6.39. The van der Waals surface area contributed by atoms with Crippen LogP contribution in [0.5, 0.6) is 5.75 Å². The Hall–Kier alpha value is -3.87. The molecular weight excluding hydrogens is 522 g/mol. The molecule has 2 aliphatic heterocycles. The molecule has 0 aliphatic carbocycles. The minimum atomic E-state index is -0.489. The molecule has 194 valence electrons. The van der Waals surface area contributed by atoms with E-state index in [2.05, 4.69) is 11.4 Å². The standard InChI is InChI=1S/C28H26ClN5O3S/c1-17(2)37-23-13-18(14-30)3-8-22(23)27-32-25(20-9-12-38-16-20)26(19-4-6-21(29)7-5-19)34(27)28(36)33-11-10-31-24(35)15-33/h3-9,12-13,16-17,25-26H,10-11,15H2,1-2H3,(H,31,35)/t25-,26+/m0/s1. The van der Waals surface area contributed by atoms with Gasteiger partial charge in [0.05, 0.1) is 29.3 Å². The molecule has 0 saturated carbocycles. The van der Waals surface area contributed by atoms with Gasteiger partial charge in [0.15, 0.2) is 0 Å². The molecule has 1 N–H and O–H groups in total. The molecule has 38 heavy (non-hydrogen) atoms. The molecule has 0 spiro atoms. The number of hydrogen-bond acceptors (Lipinski definition) is 6. The predicted molar refractivity (Wildman–Crippen MR) is 147 cm³/mol. The fourth-order valence-corrected chi connectivity index (χ4v) is 5.54. The number of nitrogens with zero attached hydrogens (tertiary/aromatic N) is 4. The number of benzene rings is 2. The zero-order chi connectivity index (χ0) is 26.8. The zero-order valence-corrected chi connectivity index (χ0v) is 22.5. The average Bonchev–Trinajstić information content (AvgIpc) is 3.57. The third kappa shape index (κ3) is 5.10. The third-order valence-corrected chi connectivity index (χ3v) is 7.35. The first-order valence-corrected chi connectivity index (χ1v) is 13.6. The minimum Gasteiger partial charge on any atom is -0.490 e. The van der Waals surface area contributed by atoms with Crippen LogP contribution in [-0.2, 0) is 4.79 Å². The molecule has 1 aromatic heterocycles. The number of amidine groups is 1. The minimum absolute atomic E-state index is 0.0399. The summed E-state index contributed by atoms with van der Waals surface area (Å²) in [5.41, 5.74) is 2.87. The Kier molecular flexibility index (Phi) is 7.36. The van der Waals surface area contributed by atoms with Crippen molar-refractivity contribution in [2.75, 3.05) is 19.6 Å². The average molecular weight is 548 g/mol. The van der Waals surface area contributed by atoms with E-state index in [0.717, 1.165) is 11.1 Å². The summed E-state index contributed by atoms with van der Waals surface area (Å²) in [6.07, 6.45) is -0.167. The number of ether oxygens (including phenoxy) is 1. The van der Waals surface area contributed by atoms with E-state index >= 15 is 0 Å². The molecule has 3 heterocycles. The van der Waals surface area contributed by atoms with Gasteiger partial charge >= 0.3 is 6.03 Å². The van der Waals surface area contributed by atoms with Crippen LogP contribution in [0.2, 0.25) is 5.02 Å². The first-order valence-electron chi connectivity index (χ1n) is 12.3. The number of carbonyl (C=O) groups is 2. The van der Waals surface area contributed by atoms with Crippen LogP contribution in [0.3, 0.4) is 0 Å². The van der Waals surface area contributed by atoms with E-state index in [0.29, 0.717) is 40.8 Å². The van der Waals surface area contributed by atoms with E-state index in [1.165, 1.54) is 0 Å². The van der Waals surface area contributed by atoms with Gasteiger partial charge in [0.25, 0.3) is 0 Å². The highest BCUT2D eigenvalue weighted by molar-refractivity contribution is 7.08. The summed E-state index contributed by atoms with van der Waals surface area (Å²) in [6.45, 7) is 4.52. The predicted octanol–water partition coefficient (Wildman–Crippen LogP) is 5.16. The van der Waals surface area contributed by atoms with Crippen molar-refractivity contribution >= 4 is 40.7 Å². The highest BCUT2D eigenvalue weighted by Gasteiger charge is 2.45. The van der Waals surface area contributed by atoms with Gasteiger partial charge in [-0.15, -0.1) is 0 Å². The Labute approximate surface area is 230 Å². The number of nitrogens with one attached hydrogen (secondary N) is 1. The van der Waals surface area contributed by atoms with Crippen LogP contribution in [0.1, 0.15) is 48.2 Å². The number of thiophene rings is 1. The van der Waals surface area contributed by atoms with E-state index in [1.807, 2.05) is 42.8 Å². The van der Waals surface area contributed by atoms with Crippen molar-refractivity contribution in [1.82, 2.24) is 15.1 Å². The Morgan fingerprint density at radius 1 is 1.21 bits per heavy atom. The smallest absolute Gasteiger partial charge is 0.326 e. The second-order valence-corrected chi connectivity index (χ2v) is 10.6. The van der Waals surface area contributed by atoms with Gasteiger partial charge in [0.2, 0.25) is 5.91 Å². The van der Waals surface area contributed by atoms with E-state index in [4.69, 9.17) is 21.3 Å². The van der Waals surface area contributed by atoms with E-state index in [-0.39, 0.29) is 24.6 Å². The molecule has 1 saturated heterocycles. The first-order chi connectivity index (χ1) is 18.4. The van der Waals surface area contributed by atoms with Crippen molar-refractivity contribution in [3.8, 4) is 11.8 Å². The van der Waals surface area contributed by atoms with Crippen molar-refractivity contribution < 1.29 is 14.3 Å². The molecule has 2 atom stereocenters. The number of aliphatic imine (C=N–C) groups is 1. The van der Waals surface area contributed by atoms with Gasteiger partial charge in [0, 0.05) is 18.1 Å². The van der Waals surface area contributed by atoms with E-state index < -0.39 is 12.1 Å². The molecule has 0 unspecified atom stereocenters. The van der Waals surface area contributed by atoms with E-state index in [1.54, 1.807) is 51.5 Å². The lowest BCUT2D eigenvalue weighted by molar-refractivity contribution is -0.123. The lowest BCUT2D eigenvalue weighted by Crippen LogP contribution is -2.55. The van der Waals surface area contributed by atoms with Gasteiger partial charge in [-0.1, -0.05) is 23.7 Å². The number of hydrogen-bond donors (Lipinski definition) is 1. The normalized spacial score (nSPS) is 19.2. The summed E-state index contributed by atoms with van der Waals surface area (Å²) in [7, 11) is 0. The number of halogens is 1. The molecule has 0 bridgehead atoms. The molecule has 2 aromatic carbocycles. The van der Waals surface area contributed by atoms with Gasteiger partial charge in [-0.2, -0.15) is 16.6 Å². The van der Waals surface area contributed by atoms with Crippen LogP contribution in [0, 0.1) is 11.3 Å². The molecule has 1 fully saturated rings. The molecule has 10 heteroatoms. The maximum absolute atomic E-state index is 14.2. The number of carbonyl (C=O) groups excluding carboxylic acids is 2. The van der Waals surface area contributed by atoms with Crippen molar-refractivity contribution in [2.24, 2.45) is 4.99 Å². The molecule has 2 aliphatic rings. The topological polar surface area (TPSA) is 98.0 Å². The monoisotopic (exact) mass is 547 g/mol. The van der Waals surface area contributed by atoms with Crippen molar-refractivity contribution in [3.05, 3.63) is 86.6 Å². The molecule has 8 nitrogen and oxygen atoms in total. The quantitative estimate of drug-likeness (QED) is 0.477. The van der Waals surface area contributed by atoms with Gasteiger partial charge in [-0.25, -0.2) is 4.79 Å². The summed E-state index contributed by atoms with van der Waals surface area (Å²) < 4.78 is 6.11. The van der Waals surface area contributed by atoms with Crippen LogP contribution in [0.25, 0.3) is 0 Å². The molecule has 3 aromatic rings. The summed E-state index contributed by atoms with van der Waals surface area (Å²) in [4.78, 5) is 34.8.